The van der Waals surface area contributed by atoms with E-state index < -0.39 is 0 Å². The van der Waals surface area contributed by atoms with Gasteiger partial charge in [0.2, 0.25) is 0 Å². The summed E-state index contributed by atoms with van der Waals surface area (Å²) in [5.41, 5.74) is 5.39. The summed E-state index contributed by atoms with van der Waals surface area (Å²) in [6.45, 7) is 0. The van der Waals surface area contributed by atoms with Crippen molar-refractivity contribution in [2.75, 3.05) is 10.6 Å². The highest BCUT2D eigenvalue weighted by molar-refractivity contribution is 6.30. The van der Waals surface area contributed by atoms with Crippen molar-refractivity contribution in [3.05, 3.63) is 120 Å². The fraction of sp³-hybridized carbons (Fsp3) is 0. The van der Waals surface area contributed by atoms with Crippen molar-refractivity contribution >= 4 is 68.3 Å². The SMILES string of the molecule is Clc1ccc(Nc2cnc3ccccc3n2)cc1.Clc1ccc(Nc2cnc3ccccc3n2)cc1. The molecule has 6 rings (SSSR count). The molecule has 0 aliphatic carbocycles. The molecule has 36 heavy (non-hydrogen) atoms. The van der Waals surface area contributed by atoms with E-state index in [1.807, 2.05) is 97.1 Å². The summed E-state index contributed by atoms with van der Waals surface area (Å²) < 4.78 is 0. The van der Waals surface area contributed by atoms with Gasteiger partial charge in [0.1, 0.15) is 11.6 Å². The number of halogens is 2. The molecule has 6 nitrogen and oxygen atoms in total. The van der Waals surface area contributed by atoms with Gasteiger partial charge >= 0.3 is 0 Å². The van der Waals surface area contributed by atoms with E-state index in [1.54, 1.807) is 12.4 Å². The lowest BCUT2D eigenvalue weighted by molar-refractivity contribution is 1.28. The molecular weight excluding hydrogens is 491 g/mol. The second kappa shape index (κ2) is 11.0. The van der Waals surface area contributed by atoms with Crippen LogP contribution in [0.4, 0.5) is 23.0 Å². The molecule has 0 amide bonds. The van der Waals surface area contributed by atoms with Gasteiger partial charge in [-0.15, -0.1) is 0 Å². The van der Waals surface area contributed by atoms with Gasteiger partial charge in [0.05, 0.1) is 34.5 Å². The Hall–Kier alpha value is -4.26. The lowest BCUT2D eigenvalue weighted by Crippen LogP contribution is -1.94. The van der Waals surface area contributed by atoms with Gasteiger partial charge in [0, 0.05) is 21.4 Å². The first-order valence-corrected chi connectivity index (χ1v) is 11.9. The molecule has 0 fully saturated rings. The average molecular weight is 511 g/mol. The Labute approximate surface area is 218 Å². The zero-order valence-corrected chi connectivity index (χ0v) is 20.4. The molecule has 0 aliphatic rings. The van der Waals surface area contributed by atoms with Gasteiger partial charge in [0.25, 0.3) is 0 Å². The summed E-state index contributed by atoms with van der Waals surface area (Å²) in [4.78, 5) is 17.7. The van der Waals surface area contributed by atoms with Crippen molar-refractivity contribution in [2.45, 2.75) is 0 Å². The number of fused-ring (bicyclic) bond motifs is 2. The third-order valence-corrected chi connectivity index (χ3v) is 5.63. The van der Waals surface area contributed by atoms with E-state index in [0.717, 1.165) is 45.1 Å². The van der Waals surface area contributed by atoms with E-state index in [0.29, 0.717) is 10.0 Å². The second-order valence-corrected chi connectivity index (χ2v) is 8.62. The fourth-order valence-electron chi connectivity index (χ4n) is 3.40. The highest BCUT2D eigenvalue weighted by atomic mass is 35.5. The molecule has 0 spiro atoms. The van der Waals surface area contributed by atoms with E-state index in [1.165, 1.54) is 0 Å². The van der Waals surface area contributed by atoms with Gasteiger partial charge in [-0.3, -0.25) is 9.97 Å². The first-order valence-electron chi connectivity index (χ1n) is 11.1. The summed E-state index contributed by atoms with van der Waals surface area (Å²) >= 11 is 11.7. The van der Waals surface area contributed by atoms with Crippen LogP contribution in [0, 0.1) is 0 Å². The highest BCUT2D eigenvalue weighted by Crippen LogP contribution is 2.20. The Morgan fingerprint density at radius 1 is 0.444 bits per heavy atom. The molecule has 0 atom stereocenters. The minimum Gasteiger partial charge on any atom is -0.339 e. The monoisotopic (exact) mass is 510 g/mol. The zero-order valence-electron chi connectivity index (χ0n) is 18.9. The third-order valence-electron chi connectivity index (χ3n) is 5.13. The summed E-state index contributed by atoms with van der Waals surface area (Å²) in [5.74, 6) is 1.44. The van der Waals surface area contributed by atoms with Crippen LogP contribution in [0.5, 0.6) is 0 Å². The van der Waals surface area contributed by atoms with Crippen molar-refractivity contribution in [1.29, 1.82) is 0 Å². The van der Waals surface area contributed by atoms with Crippen LogP contribution in [-0.2, 0) is 0 Å². The van der Waals surface area contributed by atoms with Crippen LogP contribution in [0.15, 0.2) is 109 Å². The van der Waals surface area contributed by atoms with Crippen molar-refractivity contribution < 1.29 is 0 Å². The van der Waals surface area contributed by atoms with Crippen LogP contribution >= 0.6 is 23.2 Å². The largest absolute Gasteiger partial charge is 0.339 e. The Kier molecular flexibility index (Phi) is 7.17. The molecule has 2 aromatic heterocycles. The zero-order chi connectivity index (χ0) is 24.7. The molecule has 6 aromatic rings. The van der Waals surface area contributed by atoms with Gasteiger partial charge < -0.3 is 10.6 Å². The topological polar surface area (TPSA) is 75.6 Å². The molecule has 4 aromatic carbocycles. The van der Waals surface area contributed by atoms with Gasteiger partial charge in [-0.05, 0) is 72.8 Å². The van der Waals surface area contributed by atoms with E-state index in [9.17, 15) is 0 Å². The number of hydrogen-bond donors (Lipinski definition) is 2. The Morgan fingerprint density at radius 3 is 1.19 bits per heavy atom. The first kappa shape index (κ1) is 23.5. The van der Waals surface area contributed by atoms with Crippen LogP contribution in [0.1, 0.15) is 0 Å². The summed E-state index contributed by atoms with van der Waals surface area (Å²) in [5, 5.41) is 7.81. The Morgan fingerprint density at radius 2 is 0.806 bits per heavy atom. The molecule has 2 N–H and O–H groups in total. The second-order valence-electron chi connectivity index (χ2n) is 7.75. The number of benzene rings is 4. The molecule has 0 bridgehead atoms. The minimum atomic E-state index is 0.713. The van der Waals surface area contributed by atoms with Gasteiger partial charge in [-0.2, -0.15) is 0 Å². The molecule has 0 radical (unpaired) electrons. The van der Waals surface area contributed by atoms with Crippen LogP contribution in [0.2, 0.25) is 10.0 Å². The van der Waals surface area contributed by atoms with Crippen molar-refractivity contribution in [3.8, 4) is 0 Å². The summed E-state index contributed by atoms with van der Waals surface area (Å²) in [6, 6.07) is 30.5. The van der Waals surface area contributed by atoms with Crippen molar-refractivity contribution in [3.63, 3.8) is 0 Å². The number of rotatable bonds is 4. The van der Waals surface area contributed by atoms with E-state index in [2.05, 4.69) is 30.6 Å². The van der Waals surface area contributed by atoms with Crippen LogP contribution in [0.3, 0.4) is 0 Å². The Balaban J connectivity index is 0.000000148. The predicted molar refractivity (Wildman–Crippen MR) is 149 cm³/mol. The number of hydrogen-bond acceptors (Lipinski definition) is 6. The number of anilines is 4. The first-order chi connectivity index (χ1) is 17.6. The lowest BCUT2D eigenvalue weighted by Gasteiger charge is -2.06. The minimum absolute atomic E-state index is 0.713. The molecule has 8 heteroatoms. The maximum atomic E-state index is 5.84. The van der Waals surface area contributed by atoms with Crippen LogP contribution < -0.4 is 10.6 Å². The van der Waals surface area contributed by atoms with Crippen LogP contribution in [0.25, 0.3) is 22.1 Å². The fourth-order valence-corrected chi connectivity index (χ4v) is 3.65. The van der Waals surface area contributed by atoms with E-state index >= 15 is 0 Å². The van der Waals surface area contributed by atoms with Gasteiger partial charge in [-0.1, -0.05) is 47.5 Å². The summed E-state index contributed by atoms with van der Waals surface area (Å²) in [7, 11) is 0. The molecule has 176 valence electrons. The molecule has 0 aliphatic heterocycles. The standard InChI is InChI=1S/2C14H10ClN3/c2*15-10-5-7-11(8-6-10)17-14-9-16-12-3-1-2-4-13(12)18-14/h2*1-9H,(H,17,18). The molecule has 0 saturated heterocycles. The molecule has 0 unspecified atom stereocenters. The lowest BCUT2D eigenvalue weighted by atomic mass is 10.3. The molecule has 0 saturated carbocycles. The summed E-state index contributed by atoms with van der Waals surface area (Å²) in [6.07, 6.45) is 3.44. The van der Waals surface area contributed by atoms with Gasteiger partial charge in [-0.25, -0.2) is 9.97 Å². The number of aromatic nitrogens is 4. The quantitative estimate of drug-likeness (QED) is 0.249. The normalized spacial score (nSPS) is 10.5. The third kappa shape index (κ3) is 6.05. The number of para-hydroxylation sites is 4. The molecule has 2 heterocycles. The highest BCUT2D eigenvalue weighted by Gasteiger charge is 2.01. The predicted octanol–water partition coefficient (Wildman–Crippen LogP) is 8.05. The van der Waals surface area contributed by atoms with Crippen LogP contribution in [-0.4, -0.2) is 19.9 Å². The Bertz CT molecular complexity index is 1480. The molecular formula is C28H20Cl2N6. The van der Waals surface area contributed by atoms with E-state index in [-0.39, 0.29) is 0 Å². The number of nitrogens with zero attached hydrogens (tertiary/aromatic N) is 4. The maximum absolute atomic E-state index is 5.84. The van der Waals surface area contributed by atoms with Crippen molar-refractivity contribution in [2.24, 2.45) is 0 Å². The van der Waals surface area contributed by atoms with Crippen molar-refractivity contribution in [1.82, 2.24) is 19.9 Å². The van der Waals surface area contributed by atoms with E-state index in [4.69, 9.17) is 23.2 Å². The maximum Gasteiger partial charge on any atom is 0.149 e. The smallest absolute Gasteiger partial charge is 0.149 e. The average Bonchev–Trinajstić information content (AvgIpc) is 2.92. The number of nitrogens with one attached hydrogen (secondary N) is 2. The van der Waals surface area contributed by atoms with Gasteiger partial charge in [0.15, 0.2) is 0 Å².